The fraction of sp³-hybridized carbons (Fsp3) is 0.238. The number of amides is 1. The van der Waals surface area contributed by atoms with Crippen LogP contribution in [0, 0.1) is 0 Å². The van der Waals surface area contributed by atoms with Crippen molar-refractivity contribution in [2.24, 2.45) is 0 Å². The summed E-state index contributed by atoms with van der Waals surface area (Å²) in [5, 5.41) is 2.74. The molecule has 1 heterocycles. The van der Waals surface area contributed by atoms with Crippen molar-refractivity contribution in [3.63, 3.8) is 0 Å². The number of ether oxygens (including phenoxy) is 1. The van der Waals surface area contributed by atoms with Gasteiger partial charge >= 0.3 is 5.97 Å². The van der Waals surface area contributed by atoms with Crippen molar-refractivity contribution < 1.29 is 14.3 Å². The maximum Gasteiger partial charge on any atom is 0.338 e. The number of benzene rings is 2. The number of carbonyl (C=O) groups excluding carboxylic acids is 2. The molecule has 1 amide bonds. The van der Waals surface area contributed by atoms with Crippen LogP contribution in [-0.4, -0.2) is 27.9 Å². The maximum atomic E-state index is 12.2. The number of esters is 1. The molecule has 0 aliphatic heterocycles. The van der Waals surface area contributed by atoms with Gasteiger partial charge in [-0.3, -0.25) is 9.59 Å². The zero-order valence-electron chi connectivity index (χ0n) is 15.7. The Morgan fingerprint density at radius 1 is 1.11 bits per heavy atom. The van der Waals surface area contributed by atoms with E-state index < -0.39 is 5.97 Å². The fourth-order valence-corrected chi connectivity index (χ4v) is 2.66. The number of aromatic nitrogens is 2. The van der Waals surface area contributed by atoms with E-state index in [1.807, 2.05) is 12.1 Å². The average molecular weight is 379 g/mol. The van der Waals surface area contributed by atoms with Gasteiger partial charge in [0.15, 0.2) is 0 Å². The zero-order valence-corrected chi connectivity index (χ0v) is 15.7. The molecular formula is C21H21N3O4. The van der Waals surface area contributed by atoms with Crippen molar-refractivity contribution >= 4 is 28.6 Å². The monoisotopic (exact) mass is 379 g/mol. The molecule has 0 radical (unpaired) electrons. The van der Waals surface area contributed by atoms with Crippen molar-refractivity contribution in [2.75, 3.05) is 5.32 Å². The Hall–Kier alpha value is -3.48. The van der Waals surface area contributed by atoms with E-state index in [1.54, 1.807) is 50.2 Å². The molecule has 3 rings (SSSR count). The van der Waals surface area contributed by atoms with Crippen LogP contribution in [0.1, 0.15) is 36.3 Å². The van der Waals surface area contributed by atoms with Crippen LogP contribution in [0.4, 0.5) is 5.69 Å². The number of carbonyl (C=O) groups is 2. The van der Waals surface area contributed by atoms with Crippen LogP contribution in [0.3, 0.4) is 0 Å². The van der Waals surface area contributed by atoms with Crippen molar-refractivity contribution in [1.29, 1.82) is 0 Å². The zero-order chi connectivity index (χ0) is 20.1. The normalized spacial score (nSPS) is 10.8. The predicted octanol–water partition coefficient (Wildman–Crippen LogP) is 3.06. The Morgan fingerprint density at radius 3 is 2.54 bits per heavy atom. The van der Waals surface area contributed by atoms with Crippen molar-refractivity contribution in [3.05, 3.63) is 70.1 Å². The molecule has 28 heavy (non-hydrogen) atoms. The van der Waals surface area contributed by atoms with Gasteiger partial charge < -0.3 is 15.0 Å². The molecule has 0 fully saturated rings. The Morgan fingerprint density at radius 2 is 1.82 bits per heavy atom. The first kappa shape index (κ1) is 19.3. The number of anilines is 1. The highest BCUT2D eigenvalue weighted by atomic mass is 16.5. The second-order valence-corrected chi connectivity index (χ2v) is 6.61. The van der Waals surface area contributed by atoms with Gasteiger partial charge in [0.05, 0.1) is 22.7 Å². The van der Waals surface area contributed by atoms with Gasteiger partial charge in [0.2, 0.25) is 5.91 Å². The van der Waals surface area contributed by atoms with Crippen LogP contribution in [0.2, 0.25) is 0 Å². The van der Waals surface area contributed by atoms with E-state index in [0.29, 0.717) is 28.0 Å². The lowest BCUT2D eigenvalue weighted by molar-refractivity contribution is -0.116. The molecule has 0 aliphatic rings. The van der Waals surface area contributed by atoms with Crippen LogP contribution >= 0.6 is 0 Å². The first-order chi connectivity index (χ1) is 13.4. The van der Waals surface area contributed by atoms with E-state index in [9.17, 15) is 14.4 Å². The van der Waals surface area contributed by atoms with Gasteiger partial charge in [0, 0.05) is 18.5 Å². The molecule has 2 aromatic carbocycles. The van der Waals surface area contributed by atoms with Crippen LogP contribution in [0.15, 0.2) is 53.3 Å². The second kappa shape index (κ2) is 8.47. The highest BCUT2D eigenvalue weighted by Gasteiger charge is 2.11. The summed E-state index contributed by atoms with van der Waals surface area (Å²) in [7, 11) is 0. The van der Waals surface area contributed by atoms with E-state index in [4.69, 9.17) is 4.74 Å². The Labute approximate surface area is 161 Å². The summed E-state index contributed by atoms with van der Waals surface area (Å²) < 4.78 is 5.12. The van der Waals surface area contributed by atoms with Crippen LogP contribution in [0.25, 0.3) is 11.0 Å². The summed E-state index contributed by atoms with van der Waals surface area (Å²) in [5.74, 6) is -0.652. The van der Waals surface area contributed by atoms with Crippen LogP contribution < -0.4 is 10.9 Å². The van der Waals surface area contributed by atoms with E-state index in [-0.39, 0.29) is 30.4 Å². The van der Waals surface area contributed by atoms with Gasteiger partial charge in [0.1, 0.15) is 5.69 Å². The fourth-order valence-electron chi connectivity index (χ4n) is 2.66. The van der Waals surface area contributed by atoms with E-state index in [1.165, 1.54) is 0 Å². The quantitative estimate of drug-likeness (QED) is 0.641. The number of nitrogens with one attached hydrogen (secondary N) is 2. The molecule has 1 aromatic heterocycles. The van der Waals surface area contributed by atoms with E-state index >= 15 is 0 Å². The van der Waals surface area contributed by atoms with E-state index in [2.05, 4.69) is 15.3 Å². The molecule has 0 saturated heterocycles. The molecule has 3 aromatic rings. The largest absolute Gasteiger partial charge is 0.459 e. The van der Waals surface area contributed by atoms with Gasteiger partial charge in [0.25, 0.3) is 5.56 Å². The van der Waals surface area contributed by atoms with Crippen LogP contribution in [-0.2, 0) is 16.0 Å². The molecule has 0 aliphatic carbocycles. The number of aromatic amines is 1. The molecule has 0 bridgehead atoms. The molecule has 2 N–H and O–H groups in total. The lowest BCUT2D eigenvalue weighted by Crippen LogP contribution is -2.19. The van der Waals surface area contributed by atoms with Gasteiger partial charge in [-0.15, -0.1) is 0 Å². The predicted molar refractivity (Wildman–Crippen MR) is 106 cm³/mol. The maximum absolute atomic E-state index is 12.2. The smallest absolute Gasteiger partial charge is 0.338 e. The summed E-state index contributed by atoms with van der Waals surface area (Å²) in [6, 6.07) is 13.7. The molecule has 0 saturated carbocycles. The third-order valence-corrected chi connectivity index (χ3v) is 4.01. The summed E-state index contributed by atoms with van der Waals surface area (Å²) in [5.41, 5.74) is 2.35. The molecular weight excluding hydrogens is 358 g/mol. The summed E-state index contributed by atoms with van der Waals surface area (Å²) in [6.45, 7) is 3.56. The Balaban J connectivity index is 1.59. The standard InChI is InChI=1S/C21H21N3O4/c1-13(2)28-21(27)14-7-9-15(10-8-14)22-19(25)12-11-18-20(26)24-17-6-4-3-5-16(17)23-18/h3-10,13H,11-12H2,1-2H3,(H,22,25)(H,24,26). The molecule has 7 heteroatoms. The SMILES string of the molecule is CC(C)OC(=O)c1ccc(NC(=O)CCc2nc3ccccc3[nH]c2=O)cc1. The number of fused-ring (bicyclic) bond motifs is 1. The molecule has 0 spiro atoms. The number of hydrogen-bond acceptors (Lipinski definition) is 5. The number of nitrogens with zero attached hydrogens (tertiary/aromatic N) is 1. The summed E-state index contributed by atoms with van der Waals surface area (Å²) >= 11 is 0. The summed E-state index contributed by atoms with van der Waals surface area (Å²) in [6.07, 6.45) is 0.148. The average Bonchev–Trinajstić information content (AvgIpc) is 2.66. The highest BCUT2D eigenvalue weighted by Crippen LogP contribution is 2.12. The first-order valence-corrected chi connectivity index (χ1v) is 9.01. The topological polar surface area (TPSA) is 101 Å². The number of para-hydroxylation sites is 2. The van der Waals surface area contributed by atoms with Gasteiger partial charge in [-0.25, -0.2) is 9.78 Å². The van der Waals surface area contributed by atoms with Gasteiger partial charge in [-0.1, -0.05) is 12.1 Å². The molecule has 0 unspecified atom stereocenters. The highest BCUT2D eigenvalue weighted by molar-refractivity contribution is 5.93. The van der Waals surface area contributed by atoms with Gasteiger partial charge in [-0.05, 0) is 50.2 Å². The third kappa shape index (κ3) is 4.82. The Bertz CT molecular complexity index is 1060. The van der Waals surface area contributed by atoms with Gasteiger partial charge in [-0.2, -0.15) is 0 Å². The molecule has 0 atom stereocenters. The lowest BCUT2D eigenvalue weighted by Gasteiger charge is -2.09. The first-order valence-electron chi connectivity index (χ1n) is 9.01. The molecule has 7 nitrogen and oxygen atoms in total. The van der Waals surface area contributed by atoms with E-state index in [0.717, 1.165) is 0 Å². The van der Waals surface area contributed by atoms with Crippen molar-refractivity contribution in [1.82, 2.24) is 9.97 Å². The minimum atomic E-state index is -0.408. The number of aryl methyl sites for hydroxylation is 1. The Kier molecular flexibility index (Phi) is 5.84. The number of rotatable bonds is 6. The number of hydrogen-bond donors (Lipinski definition) is 2. The third-order valence-electron chi connectivity index (χ3n) is 4.01. The van der Waals surface area contributed by atoms with Crippen molar-refractivity contribution in [2.45, 2.75) is 32.8 Å². The lowest BCUT2D eigenvalue weighted by atomic mass is 10.2. The summed E-state index contributed by atoms with van der Waals surface area (Å²) in [4.78, 5) is 43.2. The van der Waals surface area contributed by atoms with Crippen LogP contribution in [0.5, 0.6) is 0 Å². The molecule has 144 valence electrons. The minimum Gasteiger partial charge on any atom is -0.459 e. The number of H-pyrrole nitrogens is 1. The van der Waals surface area contributed by atoms with Crippen molar-refractivity contribution in [3.8, 4) is 0 Å². The minimum absolute atomic E-state index is 0.117. The second-order valence-electron chi connectivity index (χ2n) is 6.61.